The van der Waals surface area contributed by atoms with Gasteiger partial charge < -0.3 is 10.1 Å². The maximum absolute atomic E-state index is 5.35. The standard InChI is InChI=1S/C17H22N2O/c1-13-10-15(16(20-4)11-18-13)19-12-17(2,3)14-8-6-5-7-9-14/h5-11H,12H2,1-4H3,(H,18,19). The van der Waals surface area contributed by atoms with Crippen LogP contribution in [0.25, 0.3) is 0 Å². The van der Waals surface area contributed by atoms with E-state index in [0.717, 1.165) is 23.7 Å². The van der Waals surface area contributed by atoms with Crippen molar-refractivity contribution < 1.29 is 4.74 Å². The van der Waals surface area contributed by atoms with Crippen molar-refractivity contribution in [3.63, 3.8) is 0 Å². The molecule has 1 heterocycles. The molecule has 0 spiro atoms. The first kappa shape index (κ1) is 14.4. The zero-order chi connectivity index (χ0) is 14.6. The molecule has 0 bridgehead atoms. The topological polar surface area (TPSA) is 34.1 Å². The van der Waals surface area contributed by atoms with Crippen molar-refractivity contribution in [2.45, 2.75) is 26.2 Å². The van der Waals surface area contributed by atoms with Gasteiger partial charge in [0.15, 0.2) is 5.75 Å². The number of rotatable bonds is 5. The van der Waals surface area contributed by atoms with Gasteiger partial charge in [-0.1, -0.05) is 44.2 Å². The third-order valence-electron chi connectivity index (χ3n) is 3.50. The Labute approximate surface area is 121 Å². The summed E-state index contributed by atoms with van der Waals surface area (Å²) in [5, 5.41) is 3.48. The van der Waals surface area contributed by atoms with Gasteiger partial charge in [-0.05, 0) is 18.6 Å². The summed E-state index contributed by atoms with van der Waals surface area (Å²) in [5.74, 6) is 0.777. The van der Waals surface area contributed by atoms with Gasteiger partial charge >= 0.3 is 0 Å². The van der Waals surface area contributed by atoms with E-state index in [-0.39, 0.29) is 5.41 Å². The summed E-state index contributed by atoms with van der Waals surface area (Å²) in [6.07, 6.45) is 1.76. The largest absolute Gasteiger partial charge is 0.493 e. The first-order valence-electron chi connectivity index (χ1n) is 6.83. The molecule has 0 amide bonds. The van der Waals surface area contributed by atoms with E-state index < -0.39 is 0 Å². The molecule has 1 aromatic carbocycles. The van der Waals surface area contributed by atoms with E-state index in [9.17, 15) is 0 Å². The molecule has 106 valence electrons. The highest BCUT2D eigenvalue weighted by Gasteiger charge is 2.20. The summed E-state index contributed by atoms with van der Waals surface area (Å²) in [6, 6.07) is 12.5. The molecule has 0 fully saturated rings. The van der Waals surface area contributed by atoms with Crippen LogP contribution in [0.2, 0.25) is 0 Å². The minimum Gasteiger partial charge on any atom is -0.493 e. The van der Waals surface area contributed by atoms with Crippen LogP contribution in [0.5, 0.6) is 5.75 Å². The molecule has 0 aliphatic carbocycles. The van der Waals surface area contributed by atoms with Gasteiger partial charge in [-0.2, -0.15) is 0 Å². The summed E-state index contributed by atoms with van der Waals surface area (Å²) in [6.45, 7) is 7.27. The lowest BCUT2D eigenvalue weighted by Gasteiger charge is -2.26. The number of hydrogen-bond donors (Lipinski definition) is 1. The van der Waals surface area contributed by atoms with Gasteiger partial charge in [-0.25, -0.2) is 0 Å². The maximum atomic E-state index is 5.35. The number of methoxy groups -OCH3 is 1. The second-order valence-electron chi connectivity index (χ2n) is 5.63. The lowest BCUT2D eigenvalue weighted by Crippen LogP contribution is -2.27. The third-order valence-corrected chi connectivity index (χ3v) is 3.50. The molecule has 0 unspecified atom stereocenters. The van der Waals surface area contributed by atoms with Crippen LogP contribution in [-0.4, -0.2) is 18.6 Å². The van der Waals surface area contributed by atoms with Crippen molar-refractivity contribution in [3.05, 3.63) is 53.9 Å². The Balaban J connectivity index is 2.14. The number of nitrogens with zero attached hydrogens (tertiary/aromatic N) is 1. The average Bonchev–Trinajstić information content (AvgIpc) is 2.46. The zero-order valence-corrected chi connectivity index (χ0v) is 12.6. The second kappa shape index (κ2) is 5.95. The summed E-state index contributed by atoms with van der Waals surface area (Å²) >= 11 is 0. The van der Waals surface area contributed by atoms with Crippen LogP contribution in [0.4, 0.5) is 5.69 Å². The Morgan fingerprint density at radius 3 is 2.55 bits per heavy atom. The van der Waals surface area contributed by atoms with Crippen LogP contribution >= 0.6 is 0 Å². The number of benzene rings is 1. The normalized spacial score (nSPS) is 11.2. The molecule has 2 aromatic rings. The Morgan fingerprint density at radius 2 is 1.90 bits per heavy atom. The van der Waals surface area contributed by atoms with Crippen molar-refractivity contribution in [1.82, 2.24) is 4.98 Å². The van der Waals surface area contributed by atoms with Crippen LogP contribution in [0.1, 0.15) is 25.1 Å². The minimum absolute atomic E-state index is 0.0451. The molecule has 0 radical (unpaired) electrons. The van der Waals surface area contributed by atoms with Crippen LogP contribution in [-0.2, 0) is 5.41 Å². The van der Waals surface area contributed by atoms with E-state index in [2.05, 4.69) is 48.4 Å². The summed E-state index contributed by atoms with van der Waals surface area (Å²) in [7, 11) is 1.67. The molecule has 0 aliphatic heterocycles. The molecule has 1 aromatic heterocycles. The van der Waals surface area contributed by atoms with Crippen molar-refractivity contribution in [1.29, 1.82) is 0 Å². The number of ether oxygens (including phenoxy) is 1. The summed E-state index contributed by atoms with van der Waals surface area (Å²) in [5.41, 5.74) is 3.33. The van der Waals surface area contributed by atoms with E-state index in [1.807, 2.05) is 19.1 Å². The molecule has 0 saturated heterocycles. The summed E-state index contributed by atoms with van der Waals surface area (Å²) in [4.78, 5) is 4.25. The molecule has 20 heavy (non-hydrogen) atoms. The van der Waals surface area contributed by atoms with E-state index >= 15 is 0 Å². The van der Waals surface area contributed by atoms with Gasteiger partial charge in [0.2, 0.25) is 0 Å². The van der Waals surface area contributed by atoms with Crippen LogP contribution in [0.3, 0.4) is 0 Å². The van der Waals surface area contributed by atoms with Crippen molar-refractivity contribution in [2.75, 3.05) is 19.0 Å². The average molecular weight is 270 g/mol. The molecule has 1 N–H and O–H groups in total. The smallest absolute Gasteiger partial charge is 0.160 e. The Hall–Kier alpha value is -2.03. The van der Waals surface area contributed by atoms with Gasteiger partial charge in [0.05, 0.1) is 19.0 Å². The number of nitrogens with one attached hydrogen (secondary N) is 1. The number of anilines is 1. The van der Waals surface area contributed by atoms with E-state index in [1.165, 1.54) is 5.56 Å². The highest BCUT2D eigenvalue weighted by molar-refractivity contribution is 5.56. The van der Waals surface area contributed by atoms with E-state index in [4.69, 9.17) is 4.74 Å². The fraction of sp³-hybridized carbons (Fsp3) is 0.353. The predicted octanol–water partition coefficient (Wildman–Crippen LogP) is 3.79. The number of aromatic nitrogens is 1. The number of aryl methyl sites for hydroxylation is 1. The van der Waals surface area contributed by atoms with Crippen LogP contribution in [0.15, 0.2) is 42.6 Å². The Bertz CT molecular complexity index is 564. The molecule has 0 saturated carbocycles. The monoisotopic (exact) mass is 270 g/mol. The first-order chi connectivity index (χ1) is 9.53. The quantitative estimate of drug-likeness (QED) is 0.897. The lowest BCUT2D eigenvalue weighted by atomic mass is 9.84. The van der Waals surface area contributed by atoms with Crippen LogP contribution in [0, 0.1) is 6.92 Å². The Morgan fingerprint density at radius 1 is 1.20 bits per heavy atom. The van der Waals surface area contributed by atoms with E-state index in [0.29, 0.717) is 0 Å². The molecule has 3 nitrogen and oxygen atoms in total. The molecular formula is C17H22N2O. The molecular weight excluding hydrogens is 248 g/mol. The van der Waals surface area contributed by atoms with Crippen molar-refractivity contribution >= 4 is 5.69 Å². The van der Waals surface area contributed by atoms with Crippen molar-refractivity contribution in [3.8, 4) is 5.75 Å². The Kier molecular flexibility index (Phi) is 4.28. The predicted molar refractivity (Wildman–Crippen MR) is 83.5 cm³/mol. The van der Waals surface area contributed by atoms with Crippen molar-refractivity contribution in [2.24, 2.45) is 0 Å². The number of hydrogen-bond acceptors (Lipinski definition) is 3. The van der Waals surface area contributed by atoms with Gasteiger partial charge in [-0.3, -0.25) is 4.98 Å². The fourth-order valence-corrected chi connectivity index (χ4v) is 2.16. The molecule has 0 aliphatic rings. The minimum atomic E-state index is 0.0451. The lowest BCUT2D eigenvalue weighted by molar-refractivity contribution is 0.413. The van der Waals surface area contributed by atoms with Crippen LogP contribution < -0.4 is 10.1 Å². The van der Waals surface area contributed by atoms with Gasteiger partial charge in [0.1, 0.15) is 0 Å². The SMILES string of the molecule is COc1cnc(C)cc1NCC(C)(C)c1ccccc1. The zero-order valence-electron chi connectivity index (χ0n) is 12.6. The third kappa shape index (κ3) is 3.29. The summed E-state index contributed by atoms with van der Waals surface area (Å²) < 4.78 is 5.35. The van der Waals surface area contributed by atoms with Gasteiger partial charge in [0, 0.05) is 17.7 Å². The van der Waals surface area contributed by atoms with Gasteiger partial charge in [0.25, 0.3) is 0 Å². The molecule has 3 heteroatoms. The number of pyridine rings is 1. The van der Waals surface area contributed by atoms with Gasteiger partial charge in [-0.15, -0.1) is 0 Å². The molecule has 0 atom stereocenters. The highest BCUT2D eigenvalue weighted by atomic mass is 16.5. The second-order valence-corrected chi connectivity index (χ2v) is 5.63. The fourth-order valence-electron chi connectivity index (χ4n) is 2.16. The first-order valence-corrected chi connectivity index (χ1v) is 6.83. The van der Waals surface area contributed by atoms with E-state index in [1.54, 1.807) is 13.3 Å². The highest BCUT2D eigenvalue weighted by Crippen LogP contribution is 2.27. The maximum Gasteiger partial charge on any atom is 0.160 e. The molecule has 2 rings (SSSR count).